The van der Waals surface area contributed by atoms with Crippen LogP contribution in [-0.4, -0.2) is 35.0 Å². The molecule has 1 N–H and O–H groups in total. The third kappa shape index (κ3) is 3.65. The molecule has 2 aliphatic heterocycles. The van der Waals surface area contributed by atoms with E-state index in [1.807, 2.05) is 26.0 Å². The first-order valence-corrected chi connectivity index (χ1v) is 8.89. The Hall–Kier alpha value is -1.39. The number of ether oxygens (including phenoxy) is 2. The second-order valence-electron chi connectivity index (χ2n) is 7.73. The molecule has 2 heterocycles. The van der Waals surface area contributed by atoms with Crippen LogP contribution in [0.4, 0.5) is 0 Å². The van der Waals surface area contributed by atoms with Gasteiger partial charge in [-0.2, -0.15) is 0 Å². The van der Waals surface area contributed by atoms with E-state index in [9.17, 15) is 9.90 Å². The van der Waals surface area contributed by atoms with Crippen LogP contribution in [0.5, 0.6) is 0 Å². The summed E-state index contributed by atoms with van der Waals surface area (Å²) in [7, 11) is 0. The predicted molar refractivity (Wildman–Crippen MR) is 92.5 cm³/mol. The molecule has 132 valence electrons. The van der Waals surface area contributed by atoms with Gasteiger partial charge in [0.15, 0.2) is 0 Å². The Morgan fingerprint density at radius 3 is 2.67 bits per heavy atom. The van der Waals surface area contributed by atoms with Crippen LogP contribution in [0.1, 0.15) is 59.8 Å². The molecule has 0 amide bonds. The van der Waals surface area contributed by atoms with E-state index in [1.54, 1.807) is 0 Å². The first-order valence-electron chi connectivity index (χ1n) is 8.89. The number of esters is 1. The van der Waals surface area contributed by atoms with Crippen LogP contribution in [0.2, 0.25) is 0 Å². The van der Waals surface area contributed by atoms with Gasteiger partial charge in [-0.1, -0.05) is 17.2 Å². The van der Waals surface area contributed by atoms with Gasteiger partial charge in [-0.25, -0.2) is 4.79 Å². The summed E-state index contributed by atoms with van der Waals surface area (Å²) in [6.45, 7) is 8.05. The van der Waals surface area contributed by atoms with E-state index in [-0.39, 0.29) is 23.8 Å². The lowest BCUT2D eigenvalue weighted by Crippen LogP contribution is -2.15. The molecular weight excluding hydrogens is 304 g/mol. The standard InChI is InChI=1S/C20H28O4/c1-12-5-6-18-20(4,24-18)8-7-16-14(3)19(22)23-17(16)11-13(2)10-15(21)9-12/h9,11,15,17-18,21H,5-8,10H2,1-4H3/b12-9-,13-11+/t15-,17+,18-,20-/m1/s1. The maximum absolute atomic E-state index is 12.0. The zero-order valence-corrected chi connectivity index (χ0v) is 15.1. The number of aliphatic hydroxyl groups excluding tert-OH is 1. The fraction of sp³-hybridized carbons (Fsp3) is 0.650. The first kappa shape index (κ1) is 17.4. The first-order chi connectivity index (χ1) is 11.3. The highest BCUT2D eigenvalue weighted by atomic mass is 16.6. The van der Waals surface area contributed by atoms with Gasteiger partial charge in [-0.05, 0) is 71.4 Å². The van der Waals surface area contributed by atoms with Gasteiger partial charge in [-0.15, -0.1) is 0 Å². The monoisotopic (exact) mass is 332 g/mol. The van der Waals surface area contributed by atoms with Gasteiger partial charge in [0, 0.05) is 5.57 Å². The SMILES string of the molecule is CC1=C2CC[C@@]3(C)O[C@@H]3CC/C(C)=C\[C@@H](O)C/C(C)=C/[C@@H]2OC1=O. The minimum absolute atomic E-state index is 0.0920. The molecule has 0 spiro atoms. The molecule has 1 aliphatic carbocycles. The number of hydrogen-bond acceptors (Lipinski definition) is 4. The predicted octanol–water partition coefficient (Wildman–Crippen LogP) is 3.60. The molecule has 0 unspecified atom stereocenters. The van der Waals surface area contributed by atoms with Crippen molar-refractivity contribution < 1.29 is 19.4 Å². The van der Waals surface area contributed by atoms with Crippen molar-refractivity contribution in [2.75, 3.05) is 0 Å². The summed E-state index contributed by atoms with van der Waals surface area (Å²) in [4.78, 5) is 12.0. The molecule has 4 nitrogen and oxygen atoms in total. The minimum Gasteiger partial charge on any atom is -0.450 e. The fourth-order valence-electron chi connectivity index (χ4n) is 3.83. The average molecular weight is 332 g/mol. The Kier molecular flexibility index (Phi) is 4.71. The Labute approximate surface area is 144 Å². The molecule has 3 aliphatic rings. The highest BCUT2D eigenvalue weighted by Crippen LogP contribution is 2.45. The van der Waals surface area contributed by atoms with Crippen molar-refractivity contribution >= 4 is 5.97 Å². The molecule has 1 fully saturated rings. The van der Waals surface area contributed by atoms with Crippen LogP contribution in [0.3, 0.4) is 0 Å². The van der Waals surface area contributed by atoms with Gasteiger partial charge in [-0.3, -0.25) is 0 Å². The fourth-order valence-corrected chi connectivity index (χ4v) is 3.83. The van der Waals surface area contributed by atoms with Crippen molar-refractivity contribution in [1.82, 2.24) is 0 Å². The van der Waals surface area contributed by atoms with Crippen molar-refractivity contribution in [3.05, 3.63) is 34.4 Å². The number of rotatable bonds is 0. The Morgan fingerprint density at radius 2 is 1.92 bits per heavy atom. The van der Waals surface area contributed by atoms with E-state index in [0.717, 1.165) is 42.4 Å². The van der Waals surface area contributed by atoms with Crippen molar-refractivity contribution in [3.8, 4) is 0 Å². The summed E-state index contributed by atoms with van der Waals surface area (Å²) in [6.07, 6.45) is 7.63. The lowest BCUT2D eigenvalue weighted by atomic mass is 9.90. The molecule has 0 aromatic rings. The minimum atomic E-state index is -0.499. The smallest absolute Gasteiger partial charge is 0.334 e. The molecule has 0 aromatic carbocycles. The van der Waals surface area contributed by atoms with Crippen molar-refractivity contribution in [1.29, 1.82) is 0 Å². The molecule has 4 atom stereocenters. The number of aliphatic hydroxyl groups is 1. The maximum atomic E-state index is 12.0. The zero-order valence-electron chi connectivity index (χ0n) is 15.1. The van der Waals surface area contributed by atoms with Crippen LogP contribution in [-0.2, 0) is 14.3 Å². The Balaban J connectivity index is 1.86. The normalized spacial score (nSPS) is 42.0. The van der Waals surface area contributed by atoms with E-state index in [2.05, 4.69) is 13.8 Å². The van der Waals surface area contributed by atoms with E-state index in [4.69, 9.17) is 9.47 Å². The topological polar surface area (TPSA) is 59.1 Å². The molecule has 0 aromatic heterocycles. The summed E-state index contributed by atoms with van der Waals surface area (Å²) >= 11 is 0. The van der Waals surface area contributed by atoms with E-state index in [0.29, 0.717) is 6.42 Å². The van der Waals surface area contributed by atoms with Crippen molar-refractivity contribution in [2.24, 2.45) is 0 Å². The van der Waals surface area contributed by atoms with Gasteiger partial charge in [0.05, 0.1) is 17.8 Å². The van der Waals surface area contributed by atoms with Crippen molar-refractivity contribution in [2.45, 2.75) is 83.7 Å². The maximum Gasteiger partial charge on any atom is 0.334 e. The summed E-state index contributed by atoms with van der Waals surface area (Å²) in [5, 5.41) is 10.3. The molecule has 1 saturated heterocycles. The Bertz CT molecular complexity index is 628. The van der Waals surface area contributed by atoms with Crippen molar-refractivity contribution in [3.63, 3.8) is 0 Å². The molecule has 0 saturated carbocycles. The van der Waals surface area contributed by atoms with E-state index < -0.39 is 6.10 Å². The van der Waals surface area contributed by atoms with Crippen LogP contribution < -0.4 is 0 Å². The Morgan fingerprint density at radius 1 is 1.17 bits per heavy atom. The van der Waals surface area contributed by atoms with Gasteiger partial charge in [0.25, 0.3) is 0 Å². The number of epoxide rings is 1. The second kappa shape index (κ2) is 6.49. The highest BCUT2D eigenvalue weighted by molar-refractivity contribution is 5.92. The van der Waals surface area contributed by atoms with Gasteiger partial charge >= 0.3 is 5.97 Å². The average Bonchev–Trinajstić information content (AvgIpc) is 3.06. The third-order valence-corrected chi connectivity index (χ3v) is 5.54. The van der Waals surface area contributed by atoms with E-state index in [1.165, 1.54) is 5.57 Å². The largest absolute Gasteiger partial charge is 0.450 e. The number of fused-ring (bicyclic) bond motifs is 2. The number of allylic oxidation sites excluding steroid dienone is 1. The summed E-state index contributed by atoms with van der Waals surface area (Å²) < 4.78 is 11.5. The molecule has 0 radical (unpaired) electrons. The molecule has 4 heteroatoms. The number of carbonyl (C=O) groups is 1. The summed E-state index contributed by atoms with van der Waals surface area (Å²) in [5.74, 6) is -0.224. The second-order valence-corrected chi connectivity index (χ2v) is 7.73. The lowest BCUT2D eigenvalue weighted by molar-refractivity contribution is -0.138. The third-order valence-electron chi connectivity index (χ3n) is 5.54. The van der Waals surface area contributed by atoms with Gasteiger partial charge in [0.2, 0.25) is 0 Å². The summed E-state index contributed by atoms with van der Waals surface area (Å²) in [6, 6.07) is 0. The van der Waals surface area contributed by atoms with Gasteiger partial charge in [0.1, 0.15) is 6.10 Å². The highest BCUT2D eigenvalue weighted by Gasteiger charge is 2.51. The molecule has 3 rings (SSSR count). The molecule has 24 heavy (non-hydrogen) atoms. The van der Waals surface area contributed by atoms with Crippen LogP contribution >= 0.6 is 0 Å². The quantitative estimate of drug-likeness (QED) is 0.418. The van der Waals surface area contributed by atoms with Crippen LogP contribution in [0.15, 0.2) is 34.4 Å². The van der Waals surface area contributed by atoms with Crippen LogP contribution in [0, 0.1) is 0 Å². The molecule has 0 bridgehead atoms. The van der Waals surface area contributed by atoms with E-state index >= 15 is 0 Å². The van der Waals surface area contributed by atoms with Crippen LogP contribution in [0.25, 0.3) is 0 Å². The number of carbonyl (C=O) groups excluding carboxylic acids is 1. The molecular formula is C20H28O4. The summed E-state index contributed by atoms with van der Waals surface area (Å²) in [5.41, 5.74) is 3.95. The van der Waals surface area contributed by atoms with Gasteiger partial charge < -0.3 is 14.6 Å². The number of hydrogen-bond donors (Lipinski definition) is 1. The zero-order chi connectivity index (χ0) is 17.5. The lowest BCUT2D eigenvalue weighted by Gasteiger charge is -2.15.